The summed E-state index contributed by atoms with van der Waals surface area (Å²) in [7, 11) is 1.45. The predicted molar refractivity (Wildman–Crippen MR) is 108 cm³/mol. The Kier molecular flexibility index (Phi) is 6.34. The fraction of sp³-hybridized carbons (Fsp3) is 0.217. The molecule has 0 bridgehead atoms. The molecule has 3 rings (SSSR count). The Bertz CT molecular complexity index is 1040. The highest BCUT2D eigenvalue weighted by atomic mass is 16.6. The number of benzene rings is 1. The molecule has 6 heteroatoms. The largest absolute Gasteiger partial charge is 0.468 e. The van der Waals surface area contributed by atoms with E-state index in [2.05, 4.69) is 0 Å². The molecule has 1 aromatic carbocycles. The third kappa shape index (κ3) is 4.66. The molecule has 0 saturated heterocycles. The van der Waals surface area contributed by atoms with Gasteiger partial charge < -0.3 is 18.3 Å². The van der Waals surface area contributed by atoms with Gasteiger partial charge in [0.15, 0.2) is 11.5 Å². The highest BCUT2D eigenvalue weighted by Crippen LogP contribution is 2.25. The Morgan fingerprint density at radius 1 is 1.10 bits per heavy atom. The summed E-state index contributed by atoms with van der Waals surface area (Å²) in [5.41, 5.74) is 1.23. The molecule has 0 aliphatic heterocycles. The summed E-state index contributed by atoms with van der Waals surface area (Å²) in [6.07, 6.45) is 4.69. The molecule has 0 aliphatic carbocycles. The average molecular weight is 394 g/mol. The second-order valence-corrected chi connectivity index (χ2v) is 6.45. The van der Waals surface area contributed by atoms with Crippen LogP contribution in [0.1, 0.15) is 45.5 Å². The van der Waals surface area contributed by atoms with Crippen molar-refractivity contribution in [1.29, 1.82) is 0 Å². The first kappa shape index (κ1) is 20.2. The van der Waals surface area contributed by atoms with Crippen LogP contribution in [0.2, 0.25) is 0 Å². The van der Waals surface area contributed by atoms with E-state index in [1.54, 1.807) is 62.4 Å². The van der Waals surface area contributed by atoms with E-state index >= 15 is 0 Å². The van der Waals surface area contributed by atoms with Gasteiger partial charge in [-0.3, -0.25) is 4.79 Å². The fourth-order valence-electron chi connectivity index (χ4n) is 2.86. The number of esters is 1. The molecule has 0 radical (unpaired) electrons. The van der Waals surface area contributed by atoms with Crippen LogP contribution in [-0.4, -0.2) is 13.1 Å². The lowest BCUT2D eigenvalue weighted by atomic mass is 10.1. The first-order valence-electron chi connectivity index (χ1n) is 9.15. The van der Waals surface area contributed by atoms with Gasteiger partial charge in [0.1, 0.15) is 11.5 Å². The van der Waals surface area contributed by atoms with Crippen molar-refractivity contribution in [3.63, 3.8) is 0 Å². The summed E-state index contributed by atoms with van der Waals surface area (Å²) in [6.45, 7) is 3.35. The molecule has 0 spiro atoms. The Morgan fingerprint density at radius 2 is 1.86 bits per heavy atom. The minimum absolute atomic E-state index is 0.133. The van der Waals surface area contributed by atoms with Gasteiger partial charge in [-0.2, -0.15) is 0 Å². The molecule has 6 nitrogen and oxygen atoms in total. The Morgan fingerprint density at radius 3 is 2.52 bits per heavy atom. The van der Waals surface area contributed by atoms with Crippen LogP contribution in [-0.2, 0) is 4.74 Å². The number of hydrogen-bond donors (Lipinski definition) is 0. The van der Waals surface area contributed by atoms with Crippen molar-refractivity contribution < 1.29 is 23.1 Å². The third-order valence-corrected chi connectivity index (χ3v) is 4.48. The quantitative estimate of drug-likeness (QED) is 0.533. The van der Waals surface area contributed by atoms with Gasteiger partial charge in [0.2, 0.25) is 0 Å². The van der Waals surface area contributed by atoms with Crippen LogP contribution in [0.5, 0.6) is 5.95 Å². The normalized spacial score (nSPS) is 12.1. The van der Waals surface area contributed by atoms with E-state index in [0.29, 0.717) is 34.6 Å². The highest BCUT2D eigenvalue weighted by molar-refractivity contribution is 5.89. The van der Waals surface area contributed by atoms with E-state index in [1.165, 1.54) is 13.4 Å². The second-order valence-electron chi connectivity index (χ2n) is 6.45. The van der Waals surface area contributed by atoms with Crippen molar-refractivity contribution in [2.75, 3.05) is 7.11 Å². The van der Waals surface area contributed by atoms with E-state index < -0.39 is 12.1 Å². The molecule has 0 saturated carbocycles. The maximum Gasteiger partial charge on any atom is 0.338 e. The smallest absolute Gasteiger partial charge is 0.338 e. The van der Waals surface area contributed by atoms with Crippen LogP contribution in [0, 0.1) is 13.8 Å². The maximum atomic E-state index is 12.4. The van der Waals surface area contributed by atoms with E-state index in [1.807, 2.05) is 6.07 Å². The predicted octanol–water partition coefficient (Wildman–Crippen LogP) is 4.86. The van der Waals surface area contributed by atoms with Crippen molar-refractivity contribution in [2.24, 2.45) is 0 Å². The number of methoxy groups -OCH3 is 1. The van der Waals surface area contributed by atoms with Gasteiger partial charge in [-0.25, -0.2) is 4.79 Å². The first-order chi connectivity index (χ1) is 14.0. The molecule has 2 aromatic heterocycles. The van der Waals surface area contributed by atoms with E-state index in [4.69, 9.17) is 18.3 Å². The molecule has 0 fully saturated rings. The number of hydrogen-bond acceptors (Lipinski definition) is 6. The lowest BCUT2D eigenvalue weighted by Gasteiger charge is -2.14. The van der Waals surface area contributed by atoms with Gasteiger partial charge in [0.25, 0.3) is 5.95 Å². The van der Waals surface area contributed by atoms with Gasteiger partial charge in [-0.05, 0) is 44.2 Å². The van der Waals surface area contributed by atoms with Crippen molar-refractivity contribution >= 4 is 12.0 Å². The summed E-state index contributed by atoms with van der Waals surface area (Å²) in [6, 6.07) is 12.2. The molecule has 0 aliphatic rings. The number of carbonyl (C=O) groups excluding carboxylic acids is 1. The molecule has 0 N–H and O–H groups in total. The van der Waals surface area contributed by atoms with E-state index in [0.717, 1.165) is 0 Å². The lowest BCUT2D eigenvalue weighted by molar-refractivity contribution is 0.0253. The number of carbonyl (C=O) groups is 1. The van der Waals surface area contributed by atoms with Crippen LogP contribution >= 0.6 is 0 Å². The number of rotatable bonds is 7. The van der Waals surface area contributed by atoms with Crippen LogP contribution in [0.25, 0.3) is 6.08 Å². The number of furan rings is 1. The molecule has 0 amide bonds. The van der Waals surface area contributed by atoms with Crippen LogP contribution < -0.4 is 10.2 Å². The number of ether oxygens (including phenoxy) is 2. The average Bonchev–Trinajstić information content (AvgIpc) is 3.28. The van der Waals surface area contributed by atoms with Crippen molar-refractivity contribution in [1.82, 2.24) is 0 Å². The molecular formula is C23H22O6. The van der Waals surface area contributed by atoms with E-state index in [9.17, 15) is 9.59 Å². The molecule has 1 unspecified atom stereocenters. The molecule has 3 aromatic rings. The maximum absolute atomic E-state index is 12.4. The van der Waals surface area contributed by atoms with Gasteiger partial charge >= 0.3 is 5.97 Å². The zero-order valence-electron chi connectivity index (χ0n) is 16.5. The molecule has 150 valence electrons. The van der Waals surface area contributed by atoms with Crippen LogP contribution in [0.3, 0.4) is 0 Å². The van der Waals surface area contributed by atoms with Gasteiger partial charge in [0, 0.05) is 12.0 Å². The fourth-order valence-corrected chi connectivity index (χ4v) is 2.86. The summed E-state index contributed by atoms with van der Waals surface area (Å²) in [5, 5.41) is 0. The SMILES string of the molecule is COc1oc(/C=C/CC(OC(=O)c2ccccc2)c2ccco2)c(C)c(=O)c1C. The monoisotopic (exact) mass is 394 g/mol. The van der Waals surface area contributed by atoms with Gasteiger partial charge in [-0.1, -0.05) is 24.3 Å². The van der Waals surface area contributed by atoms with Crippen molar-refractivity contribution in [2.45, 2.75) is 26.4 Å². The zero-order valence-corrected chi connectivity index (χ0v) is 16.5. The van der Waals surface area contributed by atoms with Crippen LogP contribution in [0.4, 0.5) is 0 Å². The standard InChI is InChI=1S/C23H22O6/c1-15-18(29-23(26-3)16(2)21(15)24)11-7-12-20(19-13-8-14-27-19)28-22(25)17-9-5-4-6-10-17/h4-11,13-14,20H,12H2,1-3H3/b11-7+. The minimum atomic E-state index is -0.617. The second kappa shape index (κ2) is 9.10. The first-order valence-corrected chi connectivity index (χ1v) is 9.15. The summed E-state index contributed by atoms with van der Waals surface area (Å²) >= 11 is 0. The Labute approximate surface area is 168 Å². The van der Waals surface area contributed by atoms with Crippen LogP contribution in [0.15, 0.2) is 68.4 Å². The van der Waals surface area contributed by atoms with Gasteiger partial charge in [0.05, 0.1) is 24.5 Å². The van der Waals surface area contributed by atoms with Gasteiger partial charge in [-0.15, -0.1) is 0 Å². The molecular weight excluding hydrogens is 372 g/mol. The topological polar surface area (TPSA) is 78.9 Å². The molecule has 29 heavy (non-hydrogen) atoms. The third-order valence-electron chi connectivity index (χ3n) is 4.48. The lowest BCUT2D eigenvalue weighted by Crippen LogP contribution is -2.12. The molecule has 1 atom stereocenters. The van der Waals surface area contributed by atoms with Crippen molar-refractivity contribution in [3.05, 3.63) is 93.2 Å². The minimum Gasteiger partial charge on any atom is -0.468 e. The summed E-state index contributed by atoms with van der Waals surface area (Å²) in [5.74, 6) is 0.655. The zero-order chi connectivity index (χ0) is 20.8. The van der Waals surface area contributed by atoms with Crippen molar-refractivity contribution in [3.8, 4) is 5.95 Å². The summed E-state index contributed by atoms with van der Waals surface area (Å²) < 4.78 is 21.8. The molecule has 2 heterocycles. The Balaban J connectivity index is 1.80. The highest BCUT2D eigenvalue weighted by Gasteiger charge is 2.19. The summed E-state index contributed by atoms with van der Waals surface area (Å²) in [4.78, 5) is 24.7. The van der Waals surface area contributed by atoms with E-state index in [-0.39, 0.29) is 11.4 Å². The Hall–Kier alpha value is -3.54.